The Labute approximate surface area is 117 Å². The Morgan fingerprint density at radius 2 is 2.10 bits per heavy atom. The summed E-state index contributed by atoms with van der Waals surface area (Å²) in [7, 11) is 0. The van der Waals surface area contributed by atoms with Crippen molar-refractivity contribution in [2.24, 2.45) is 17.8 Å². The molecule has 1 aliphatic carbocycles. The predicted molar refractivity (Wildman–Crippen MR) is 70.0 cm³/mol. The summed E-state index contributed by atoms with van der Waals surface area (Å²) in [6.45, 7) is 2.46. The van der Waals surface area contributed by atoms with Crippen molar-refractivity contribution in [2.45, 2.75) is 51.6 Å². The molecule has 118 valence electrons. The second-order valence-electron chi connectivity index (χ2n) is 5.63. The van der Waals surface area contributed by atoms with Gasteiger partial charge in [-0.15, -0.1) is 0 Å². The van der Waals surface area contributed by atoms with Gasteiger partial charge in [0.25, 0.3) is 0 Å². The maximum atomic E-state index is 12.7. The number of carbonyl (C=O) groups excluding carboxylic acids is 1. The molecule has 0 bridgehead atoms. The maximum Gasteiger partial charge on any atom is 0.391 e. The molecule has 3 atom stereocenters. The number of aliphatic hydroxyl groups is 1. The van der Waals surface area contributed by atoms with Crippen LogP contribution < -0.4 is 5.32 Å². The monoisotopic (exact) mass is 295 g/mol. The highest BCUT2D eigenvalue weighted by atomic mass is 19.4. The van der Waals surface area contributed by atoms with E-state index in [9.17, 15) is 18.0 Å². The van der Waals surface area contributed by atoms with Crippen LogP contribution in [0.5, 0.6) is 0 Å². The minimum absolute atomic E-state index is 0.0634. The number of aliphatic hydroxyl groups excluding tert-OH is 1. The Bertz CT molecular complexity index is 307. The predicted octanol–water partition coefficient (Wildman–Crippen LogP) is 2.88. The summed E-state index contributed by atoms with van der Waals surface area (Å²) >= 11 is 0. The van der Waals surface area contributed by atoms with E-state index in [1.54, 1.807) is 0 Å². The van der Waals surface area contributed by atoms with Crippen molar-refractivity contribution >= 4 is 5.91 Å². The van der Waals surface area contributed by atoms with Crippen LogP contribution in [-0.4, -0.2) is 30.3 Å². The second kappa shape index (κ2) is 7.86. The Hall–Kier alpha value is -0.780. The van der Waals surface area contributed by atoms with Crippen molar-refractivity contribution in [1.29, 1.82) is 0 Å². The Kier molecular flexibility index (Phi) is 6.79. The number of carbonyl (C=O) groups is 1. The topological polar surface area (TPSA) is 49.3 Å². The van der Waals surface area contributed by atoms with Crippen molar-refractivity contribution in [3.63, 3.8) is 0 Å². The Morgan fingerprint density at radius 1 is 1.40 bits per heavy atom. The van der Waals surface area contributed by atoms with E-state index in [2.05, 4.69) is 5.32 Å². The largest absolute Gasteiger partial charge is 0.396 e. The molecule has 20 heavy (non-hydrogen) atoms. The summed E-state index contributed by atoms with van der Waals surface area (Å²) < 4.78 is 38.1. The SMILES string of the molecule is CCC(CCO)CNC(=O)C1CCCC(C(F)(F)F)C1. The third-order valence-electron chi connectivity index (χ3n) is 4.19. The van der Waals surface area contributed by atoms with Crippen molar-refractivity contribution < 1.29 is 23.1 Å². The Morgan fingerprint density at radius 3 is 2.65 bits per heavy atom. The number of rotatable bonds is 6. The van der Waals surface area contributed by atoms with E-state index in [0.29, 0.717) is 25.8 Å². The fourth-order valence-electron chi connectivity index (χ4n) is 2.75. The average Bonchev–Trinajstić information content (AvgIpc) is 2.42. The molecule has 0 radical (unpaired) electrons. The van der Waals surface area contributed by atoms with Crippen LogP contribution in [0.15, 0.2) is 0 Å². The van der Waals surface area contributed by atoms with Gasteiger partial charge in [-0.25, -0.2) is 0 Å². The van der Waals surface area contributed by atoms with E-state index in [-0.39, 0.29) is 31.3 Å². The molecule has 1 fully saturated rings. The lowest BCUT2D eigenvalue weighted by Gasteiger charge is -2.30. The lowest BCUT2D eigenvalue weighted by atomic mass is 9.80. The molecule has 1 saturated carbocycles. The van der Waals surface area contributed by atoms with Crippen LogP contribution >= 0.6 is 0 Å². The van der Waals surface area contributed by atoms with Gasteiger partial charge in [0, 0.05) is 19.1 Å². The van der Waals surface area contributed by atoms with E-state index < -0.39 is 18.0 Å². The van der Waals surface area contributed by atoms with Crippen LogP contribution in [0, 0.1) is 17.8 Å². The first-order chi connectivity index (χ1) is 9.38. The number of halogens is 3. The molecule has 6 heteroatoms. The highest BCUT2D eigenvalue weighted by Crippen LogP contribution is 2.39. The summed E-state index contributed by atoms with van der Waals surface area (Å²) in [6, 6.07) is 0. The zero-order chi connectivity index (χ0) is 15.2. The van der Waals surface area contributed by atoms with Gasteiger partial charge in [-0.1, -0.05) is 19.8 Å². The molecule has 3 nitrogen and oxygen atoms in total. The Balaban J connectivity index is 2.43. The molecule has 2 N–H and O–H groups in total. The third kappa shape index (κ3) is 5.31. The molecule has 3 unspecified atom stereocenters. The molecular weight excluding hydrogens is 271 g/mol. The van der Waals surface area contributed by atoms with Crippen LogP contribution in [0.1, 0.15) is 45.4 Å². The highest BCUT2D eigenvalue weighted by Gasteiger charge is 2.43. The highest BCUT2D eigenvalue weighted by molar-refractivity contribution is 5.78. The van der Waals surface area contributed by atoms with Gasteiger partial charge in [0.15, 0.2) is 0 Å². The van der Waals surface area contributed by atoms with Crippen molar-refractivity contribution in [3.8, 4) is 0 Å². The number of hydrogen-bond acceptors (Lipinski definition) is 2. The van der Waals surface area contributed by atoms with Gasteiger partial charge in [-0.3, -0.25) is 4.79 Å². The molecule has 1 rings (SSSR count). The zero-order valence-corrected chi connectivity index (χ0v) is 11.9. The van der Waals surface area contributed by atoms with Gasteiger partial charge in [-0.05, 0) is 31.6 Å². The van der Waals surface area contributed by atoms with Gasteiger partial charge >= 0.3 is 6.18 Å². The third-order valence-corrected chi connectivity index (χ3v) is 4.19. The molecule has 0 aromatic carbocycles. The van der Waals surface area contributed by atoms with E-state index >= 15 is 0 Å². The van der Waals surface area contributed by atoms with Crippen molar-refractivity contribution in [1.82, 2.24) is 5.32 Å². The molecule has 0 aliphatic heterocycles. The first-order valence-corrected chi connectivity index (χ1v) is 7.33. The number of alkyl halides is 3. The minimum Gasteiger partial charge on any atom is -0.396 e. The van der Waals surface area contributed by atoms with Gasteiger partial charge in [-0.2, -0.15) is 13.2 Å². The standard InChI is InChI=1S/C14H24F3NO2/c1-2-10(6-7-19)9-18-13(20)11-4-3-5-12(8-11)14(15,16)17/h10-12,19H,2-9H2,1H3,(H,18,20). The summed E-state index contributed by atoms with van der Waals surface area (Å²) in [5.41, 5.74) is 0. The number of amides is 1. The maximum absolute atomic E-state index is 12.7. The normalized spacial score (nSPS) is 25.2. The van der Waals surface area contributed by atoms with Gasteiger partial charge in [0.2, 0.25) is 5.91 Å². The summed E-state index contributed by atoms with van der Waals surface area (Å²) in [6.07, 6.45) is -1.72. The molecule has 1 amide bonds. The number of nitrogens with one attached hydrogen (secondary N) is 1. The lowest BCUT2D eigenvalue weighted by molar-refractivity contribution is -0.186. The van der Waals surface area contributed by atoms with E-state index in [1.165, 1.54) is 0 Å². The van der Waals surface area contributed by atoms with Crippen molar-refractivity contribution in [3.05, 3.63) is 0 Å². The van der Waals surface area contributed by atoms with E-state index in [4.69, 9.17) is 5.11 Å². The molecule has 0 aromatic heterocycles. The average molecular weight is 295 g/mol. The quantitative estimate of drug-likeness (QED) is 0.791. The molecular formula is C14H24F3NO2. The van der Waals surface area contributed by atoms with Crippen molar-refractivity contribution in [2.75, 3.05) is 13.2 Å². The van der Waals surface area contributed by atoms with Crippen LogP contribution in [0.2, 0.25) is 0 Å². The molecule has 0 saturated heterocycles. The van der Waals surface area contributed by atoms with Crippen LogP contribution in [0.3, 0.4) is 0 Å². The lowest BCUT2D eigenvalue weighted by Crippen LogP contribution is -2.39. The van der Waals surface area contributed by atoms with Crippen LogP contribution in [0.4, 0.5) is 13.2 Å². The summed E-state index contributed by atoms with van der Waals surface area (Å²) in [4.78, 5) is 12.0. The minimum atomic E-state index is -4.19. The number of hydrogen-bond donors (Lipinski definition) is 2. The second-order valence-corrected chi connectivity index (χ2v) is 5.63. The van der Waals surface area contributed by atoms with Gasteiger partial charge in [0.1, 0.15) is 0 Å². The van der Waals surface area contributed by atoms with Crippen LogP contribution in [0.25, 0.3) is 0 Å². The van der Waals surface area contributed by atoms with Gasteiger partial charge in [0.05, 0.1) is 5.92 Å². The molecule has 1 aliphatic rings. The van der Waals surface area contributed by atoms with E-state index in [1.807, 2.05) is 6.92 Å². The van der Waals surface area contributed by atoms with Crippen LogP contribution in [-0.2, 0) is 4.79 Å². The molecule has 0 aromatic rings. The smallest absolute Gasteiger partial charge is 0.391 e. The van der Waals surface area contributed by atoms with Gasteiger partial charge < -0.3 is 10.4 Å². The zero-order valence-electron chi connectivity index (χ0n) is 11.9. The fraction of sp³-hybridized carbons (Fsp3) is 0.929. The fourth-order valence-corrected chi connectivity index (χ4v) is 2.75. The van der Waals surface area contributed by atoms with E-state index in [0.717, 1.165) is 6.42 Å². The first kappa shape index (κ1) is 17.3. The molecule has 0 heterocycles. The first-order valence-electron chi connectivity index (χ1n) is 7.33. The summed E-state index contributed by atoms with van der Waals surface area (Å²) in [5.74, 6) is -1.95. The molecule has 0 spiro atoms. The summed E-state index contributed by atoms with van der Waals surface area (Å²) in [5, 5.41) is 11.6.